The number of esters is 2. The van der Waals surface area contributed by atoms with Crippen molar-refractivity contribution in [3.8, 4) is 0 Å². The van der Waals surface area contributed by atoms with Crippen LogP contribution in [0.5, 0.6) is 0 Å². The number of carbonyl (C=O) groups excluding carboxylic acids is 2. The molecule has 0 radical (unpaired) electrons. The van der Waals surface area contributed by atoms with Crippen molar-refractivity contribution < 1.29 is 68.2 Å². The molecule has 0 saturated heterocycles. The summed E-state index contributed by atoms with van der Waals surface area (Å²) < 4.78 is 33.4. The van der Waals surface area contributed by atoms with Crippen LogP contribution in [0.25, 0.3) is 0 Å². The summed E-state index contributed by atoms with van der Waals surface area (Å²) >= 11 is 0. The summed E-state index contributed by atoms with van der Waals surface area (Å²) in [7, 11) is -5.16. The molecule has 0 aromatic rings. The van der Waals surface area contributed by atoms with Gasteiger partial charge in [-0.3, -0.25) is 18.6 Å². The molecule has 0 bridgehead atoms. The molecule has 0 aromatic carbocycles. The normalized spacial score (nSPS) is 23.0. The zero-order chi connectivity index (χ0) is 47.3. The Balaban J connectivity index is 2.56. The van der Waals surface area contributed by atoms with E-state index in [0.717, 1.165) is 57.8 Å². The second-order valence-electron chi connectivity index (χ2n) is 15.7. The molecule has 0 aliphatic heterocycles. The summed E-state index contributed by atoms with van der Waals surface area (Å²) in [4.78, 5) is 35.7. The number of phosphoric acid groups is 1. The largest absolute Gasteiger partial charge is 0.472 e. The molecule has 64 heavy (non-hydrogen) atoms. The Bertz CT molecular complexity index is 1500. The van der Waals surface area contributed by atoms with Crippen LogP contribution in [0, 0.1) is 0 Å². The van der Waals surface area contributed by atoms with Crippen LogP contribution in [0.15, 0.2) is 97.2 Å². The first-order chi connectivity index (χ1) is 30.8. The van der Waals surface area contributed by atoms with Crippen molar-refractivity contribution in [1.29, 1.82) is 0 Å². The smallest absolute Gasteiger partial charge is 0.462 e. The van der Waals surface area contributed by atoms with E-state index in [0.29, 0.717) is 32.1 Å². The van der Waals surface area contributed by atoms with Gasteiger partial charge in [0.15, 0.2) is 6.10 Å². The van der Waals surface area contributed by atoms with Crippen LogP contribution >= 0.6 is 7.82 Å². The molecule has 364 valence electrons. The lowest BCUT2D eigenvalue weighted by Gasteiger charge is -2.41. The Morgan fingerprint density at radius 1 is 0.578 bits per heavy atom. The Morgan fingerprint density at radius 2 is 1.09 bits per heavy atom. The number of hydrogen-bond acceptors (Lipinski definition) is 13. The fourth-order valence-corrected chi connectivity index (χ4v) is 7.20. The summed E-state index contributed by atoms with van der Waals surface area (Å²) in [5, 5.41) is 60.2. The topological polar surface area (TPSA) is 230 Å². The van der Waals surface area contributed by atoms with Gasteiger partial charge in [0, 0.05) is 12.8 Å². The van der Waals surface area contributed by atoms with E-state index in [1.807, 2.05) is 36.5 Å². The maximum Gasteiger partial charge on any atom is 0.472 e. The van der Waals surface area contributed by atoms with Crippen molar-refractivity contribution in [2.45, 2.75) is 185 Å². The molecule has 0 aromatic heterocycles. The lowest BCUT2D eigenvalue weighted by Crippen LogP contribution is -2.64. The van der Waals surface area contributed by atoms with Gasteiger partial charge in [0.1, 0.15) is 43.2 Å². The third kappa shape index (κ3) is 30.0. The summed E-state index contributed by atoms with van der Waals surface area (Å²) in [6, 6.07) is 0. The molecule has 0 spiro atoms. The zero-order valence-corrected chi connectivity index (χ0v) is 39.0. The van der Waals surface area contributed by atoms with E-state index in [-0.39, 0.29) is 12.8 Å². The number of aliphatic hydroxyl groups excluding tert-OH is 6. The van der Waals surface area contributed by atoms with Crippen LogP contribution in [-0.2, 0) is 32.7 Å². The van der Waals surface area contributed by atoms with Gasteiger partial charge in [-0.1, -0.05) is 137 Å². The highest BCUT2D eigenvalue weighted by Gasteiger charge is 2.51. The quantitative estimate of drug-likeness (QED) is 0.0104. The van der Waals surface area contributed by atoms with Gasteiger partial charge in [-0.25, -0.2) is 4.57 Å². The zero-order valence-electron chi connectivity index (χ0n) is 38.1. The molecule has 14 nitrogen and oxygen atoms in total. The summed E-state index contributed by atoms with van der Waals surface area (Å²) in [5.41, 5.74) is 0. The average Bonchev–Trinajstić information content (AvgIpc) is 3.27. The molecule has 0 heterocycles. The van der Waals surface area contributed by atoms with Crippen LogP contribution in [0.3, 0.4) is 0 Å². The highest BCUT2D eigenvalue weighted by Crippen LogP contribution is 2.47. The maximum absolute atomic E-state index is 12.8. The third-order valence-electron chi connectivity index (χ3n) is 9.99. The van der Waals surface area contributed by atoms with Gasteiger partial charge in [-0.15, -0.1) is 0 Å². The lowest BCUT2D eigenvalue weighted by atomic mass is 9.85. The van der Waals surface area contributed by atoms with Crippen molar-refractivity contribution in [3.63, 3.8) is 0 Å². The molecule has 3 unspecified atom stereocenters. The number of aliphatic hydroxyl groups is 6. The SMILES string of the molecule is CC/C=C\C/C=C\C/C=C\C/C=C\CCCCCCC(=O)OC[C@H](COP(=O)(O)OC1[C@H](O)[C@H](O)C(O)[C@H](O)[C@H]1O)OC(=O)CCC/C=C/C/C=C\C[C@@H](O)/C=C\C=C/CCCCC. The predicted molar refractivity (Wildman–Crippen MR) is 250 cm³/mol. The van der Waals surface area contributed by atoms with Crippen molar-refractivity contribution in [3.05, 3.63) is 97.2 Å². The van der Waals surface area contributed by atoms with Crippen molar-refractivity contribution >= 4 is 19.8 Å². The summed E-state index contributed by atoms with van der Waals surface area (Å²) in [6.07, 6.45) is 33.4. The van der Waals surface area contributed by atoms with Crippen molar-refractivity contribution in [2.24, 2.45) is 0 Å². The van der Waals surface area contributed by atoms with E-state index in [2.05, 4.69) is 68.5 Å². The van der Waals surface area contributed by atoms with Gasteiger partial charge in [-0.05, 0) is 83.5 Å². The summed E-state index contributed by atoms with van der Waals surface area (Å²) in [6.45, 7) is 3.00. The van der Waals surface area contributed by atoms with E-state index in [4.69, 9.17) is 18.5 Å². The Kier molecular flexibility index (Phi) is 34.8. The highest BCUT2D eigenvalue weighted by molar-refractivity contribution is 7.47. The van der Waals surface area contributed by atoms with Crippen LogP contribution in [0.1, 0.15) is 136 Å². The van der Waals surface area contributed by atoms with E-state index < -0.39 is 81.8 Å². The number of rotatable bonds is 36. The Labute approximate surface area is 382 Å². The number of ether oxygens (including phenoxy) is 2. The lowest BCUT2D eigenvalue weighted by molar-refractivity contribution is -0.220. The Morgan fingerprint density at radius 3 is 1.72 bits per heavy atom. The van der Waals surface area contributed by atoms with E-state index in [1.165, 1.54) is 19.3 Å². The van der Waals surface area contributed by atoms with Gasteiger partial charge in [0.25, 0.3) is 0 Å². The second-order valence-corrected chi connectivity index (χ2v) is 17.1. The molecule has 15 heteroatoms. The predicted octanol–water partition coefficient (Wildman–Crippen LogP) is 8.02. The van der Waals surface area contributed by atoms with Crippen LogP contribution in [-0.4, -0.2) is 110 Å². The summed E-state index contributed by atoms with van der Waals surface area (Å²) in [5.74, 6) is -1.25. The molecule has 7 N–H and O–H groups in total. The number of carbonyl (C=O) groups is 2. The van der Waals surface area contributed by atoms with Gasteiger partial charge in [0.05, 0.1) is 12.7 Å². The minimum atomic E-state index is -5.16. The molecule has 1 aliphatic rings. The fraction of sp³-hybridized carbons (Fsp3) is 0.633. The first-order valence-corrected chi connectivity index (χ1v) is 24.6. The number of unbranched alkanes of at least 4 members (excludes halogenated alkanes) is 8. The van der Waals surface area contributed by atoms with E-state index in [9.17, 15) is 49.7 Å². The number of phosphoric ester groups is 1. The molecular weight excluding hydrogens is 843 g/mol. The molecular formula is C49H79O14P. The van der Waals surface area contributed by atoms with Gasteiger partial charge < -0.3 is 45.0 Å². The van der Waals surface area contributed by atoms with E-state index in [1.54, 1.807) is 6.08 Å². The standard InChI is InChI=1S/C49H79O14P/c1-3-5-7-9-11-12-13-14-15-16-17-18-19-20-24-28-32-36-42(51)60-38-41(39-61-64(58,59)63-49-47(56)45(54)44(53)46(55)48(49)57)62-43(52)37-33-29-25-21-23-27-31-35-40(50)34-30-26-22-10-8-6-4-2/h5,7,11-12,14-15,17-18,21-22,25-27,30-31,34,40-41,44-50,53-57H,3-4,6,8-10,13,16,19-20,23-24,28-29,32-33,35-39H2,1-2H3,(H,58,59)/b7-5-,12-11-,15-14-,18-17-,25-21+,26-22-,31-27-,34-30-/t40-,41+,44?,45-,46+,47+,48+,49?/m0/s1. The highest BCUT2D eigenvalue weighted by atomic mass is 31.2. The number of hydrogen-bond donors (Lipinski definition) is 7. The molecule has 0 amide bonds. The third-order valence-corrected chi connectivity index (χ3v) is 11.0. The van der Waals surface area contributed by atoms with Crippen molar-refractivity contribution in [2.75, 3.05) is 13.2 Å². The minimum Gasteiger partial charge on any atom is -0.462 e. The molecule has 1 rings (SSSR count). The van der Waals surface area contributed by atoms with Crippen molar-refractivity contribution in [1.82, 2.24) is 0 Å². The van der Waals surface area contributed by atoms with Crippen LogP contribution in [0.2, 0.25) is 0 Å². The van der Waals surface area contributed by atoms with Gasteiger partial charge in [0.2, 0.25) is 0 Å². The number of allylic oxidation sites excluding steroid dienone is 14. The van der Waals surface area contributed by atoms with Gasteiger partial charge in [-0.2, -0.15) is 0 Å². The maximum atomic E-state index is 12.8. The first-order valence-electron chi connectivity index (χ1n) is 23.1. The minimum absolute atomic E-state index is 0.0248. The molecule has 1 saturated carbocycles. The average molecular weight is 923 g/mol. The molecule has 1 aliphatic carbocycles. The first kappa shape index (κ1) is 58.7. The van der Waals surface area contributed by atoms with E-state index >= 15 is 0 Å². The Hall–Kier alpha value is -3.27. The molecule has 1 fully saturated rings. The fourth-order valence-electron chi connectivity index (χ4n) is 6.23. The second kappa shape index (κ2) is 37.9. The van der Waals surface area contributed by atoms with Crippen LogP contribution in [0.4, 0.5) is 0 Å². The van der Waals surface area contributed by atoms with Crippen LogP contribution < -0.4 is 0 Å². The van der Waals surface area contributed by atoms with Gasteiger partial charge >= 0.3 is 19.8 Å². The monoisotopic (exact) mass is 923 g/mol. The molecule has 9 atom stereocenters.